The van der Waals surface area contributed by atoms with Crippen LogP contribution in [0.3, 0.4) is 0 Å². The van der Waals surface area contributed by atoms with Crippen molar-refractivity contribution in [2.75, 3.05) is 5.32 Å². The first-order chi connectivity index (χ1) is 9.65. The molecule has 102 valence electrons. The largest absolute Gasteiger partial charge is 0.350 e. The van der Waals surface area contributed by atoms with Crippen molar-refractivity contribution >= 4 is 39.1 Å². The lowest BCUT2D eigenvalue weighted by Crippen LogP contribution is -2.03. The number of aryl methyl sites for hydroxylation is 2. The summed E-state index contributed by atoms with van der Waals surface area (Å²) in [7, 11) is 0. The van der Waals surface area contributed by atoms with E-state index < -0.39 is 0 Å². The second kappa shape index (κ2) is 5.38. The highest BCUT2D eigenvalue weighted by Crippen LogP contribution is 2.33. The summed E-state index contributed by atoms with van der Waals surface area (Å²) >= 11 is 7.93. The van der Waals surface area contributed by atoms with Crippen LogP contribution >= 0.6 is 22.9 Å². The average Bonchev–Trinajstić information content (AvgIpc) is 2.73. The number of hydrogen-bond acceptors (Lipinski definition) is 4. The van der Waals surface area contributed by atoms with Crippen LogP contribution in [-0.4, -0.2) is 9.97 Å². The summed E-state index contributed by atoms with van der Waals surface area (Å²) in [6.45, 7) is 4.82. The summed E-state index contributed by atoms with van der Waals surface area (Å²) in [5, 5.41) is 4.72. The molecule has 20 heavy (non-hydrogen) atoms. The van der Waals surface area contributed by atoms with Crippen LogP contribution in [-0.2, 0) is 6.54 Å². The van der Waals surface area contributed by atoms with Gasteiger partial charge in [0.05, 0.1) is 5.39 Å². The van der Waals surface area contributed by atoms with Gasteiger partial charge in [0, 0.05) is 11.4 Å². The maximum atomic E-state index is 6.28. The molecule has 3 nitrogen and oxygen atoms in total. The SMILES string of the molecule is Cc1sc2nc(NCc3ccccc3)nc(Cl)c2c1C. The van der Waals surface area contributed by atoms with Gasteiger partial charge in [-0.1, -0.05) is 41.9 Å². The number of benzene rings is 1. The summed E-state index contributed by atoms with van der Waals surface area (Å²) < 4.78 is 0. The van der Waals surface area contributed by atoms with E-state index in [0.29, 0.717) is 17.6 Å². The highest BCUT2D eigenvalue weighted by molar-refractivity contribution is 7.18. The topological polar surface area (TPSA) is 37.8 Å². The molecule has 0 aliphatic heterocycles. The molecular weight excluding hydrogens is 290 g/mol. The molecule has 0 aliphatic carbocycles. The van der Waals surface area contributed by atoms with E-state index in [2.05, 4.69) is 41.3 Å². The van der Waals surface area contributed by atoms with E-state index >= 15 is 0 Å². The maximum Gasteiger partial charge on any atom is 0.225 e. The Morgan fingerprint density at radius 1 is 1.15 bits per heavy atom. The van der Waals surface area contributed by atoms with Crippen molar-refractivity contribution in [3.05, 3.63) is 51.5 Å². The fraction of sp³-hybridized carbons (Fsp3) is 0.200. The van der Waals surface area contributed by atoms with Gasteiger partial charge in [0.2, 0.25) is 5.95 Å². The number of hydrogen-bond donors (Lipinski definition) is 1. The van der Waals surface area contributed by atoms with Gasteiger partial charge in [0.25, 0.3) is 0 Å². The van der Waals surface area contributed by atoms with Gasteiger partial charge in [-0.2, -0.15) is 0 Å². The Kier molecular flexibility index (Phi) is 3.59. The minimum atomic E-state index is 0.521. The summed E-state index contributed by atoms with van der Waals surface area (Å²) in [6, 6.07) is 10.2. The van der Waals surface area contributed by atoms with Crippen LogP contribution in [0.1, 0.15) is 16.0 Å². The van der Waals surface area contributed by atoms with E-state index in [-0.39, 0.29) is 0 Å². The van der Waals surface area contributed by atoms with E-state index in [4.69, 9.17) is 11.6 Å². The molecular formula is C15H14ClN3S. The quantitative estimate of drug-likeness (QED) is 0.720. The third-order valence-electron chi connectivity index (χ3n) is 3.28. The summed E-state index contributed by atoms with van der Waals surface area (Å²) in [6.07, 6.45) is 0. The number of nitrogens with zero attached hydrogens (tertiary/aromatic N) is 2. The molecule has 0 amide bonds. The lowest BCUT2D eigenvalue weighted by atomic mass is 10.2. The lowest BCUT2D eigenvalue weighted by Gasteiger charge is -2.05. The standard InChI is InChI=1S/C15H14ClN3S/c1-9-10(2)20-14-12(9)13(16)18-15(19-14)17-8-11-6-4-3-5-7-11/h3-7H,8H2,1-2H3,(H,17,18,19). The third-order valence-corrected chi connectivity index (χ3v) is 4.65. The van der Waals surface area contributed by atoms with Crippen molar-refractivity contribution < 1.29 is 0 Å². The Morgan fingerprint density at radius 3 is 2.65 bits per heavy atom. The lowest BCUT2D eigenvalue weighted by molar-refractivity contribution is 1.07. The number of anilines is 1. The maximum absolute atomic E-state index is 6.28. The number of rotatable bonds is 3. The molecule has 1 N–H and O–H groups in total. The van der Waals surface area contributed by atoms with Crippen molar-refractivity contribution in [1.82, 2.24) is 9.97 Å². The highest BCUT2D eigenvalue weighted by atomic mass is 35.5. The van der Waals surface area contributed by atoms with Crippen LogP contribution in [0.4, 0.5) is 5.95 Å². The predicted octanol–water partition coefficient (Wildman–Crippen LogP) is 4.57. The molecule has 0 atom stereocenters. The molecule has 0 bridgehead atoms. The molecule has 2 heterocycles. The van der Waals surface area contributed by atoms with E-state index in [1.807, 2.05) is 18.2 Å². The Bertz CT molecular complexity index is 753. The number of thiophene rings is 1. The first-order valence-corrected chi connectivity index (χ1v) is 7.55. The normalized spacial score (nSPS) is 10.9. The van der Waals surface area contributed by atoms with Crippen LogP contribution in [0.15, 0.2) is 30.3 Å². The molecule has 2 aromatic heterocycles. The van der Waals surface area contributed by atoms with Gasteiger partial charge < -0.3 is 5.32 Å². The molecule has 0 radical (unpaired) electrons. The zero-order chi connectivity index (χ0) is 14.1. The van der Waals surface area contributed by atoms with Gasteiger partial charge in [-0.05, 0) is 25.0 Å². The van der Waals surface area contributed by atoms with E-state index in [1.54, 1.807) is 11.3 Å². The molecule has 3 aromatic rings. The van der Waals surface area contributed by atoms with Gasteiger partial charge in [-0.15, -0.1) is 11.3 Å². The van der Waals surface area contributed by atoms with E-state index in [0.717, 1.165) is 10.2 Å². The van der Waals surface area contributed by atoms with Gasteiger partial charge >= 0.3 is 0 Å². The Balaban J connectivity index is 1.89. The minimum absolute atomic E-state index is 0.521. The Labute approximate surface area is 126 Å². The molecule has 0 fully saturated rings. The van der Waals surface area contributed by atoms with Gasteiger partial charge in [0.15, 0.2) is 0 Å². The molecule has 0 saturated heterocycles. The zero-order valence-electron chi connectivity index (χ0n) is 11.3. The molecule has 0 spiro atoms. The monoisotopic (exact) mass is 303 g/mol. The second-order valence-electron chi connectivity index (χ2n) is 4.64. The zero-order valence-corrected chi connectivity index (χ0v) is 12.8. The first-order valence-electron chi connectivity index (χ1n) is 6.36. The second-order valence-corrected chi connectivity index (χ2v) is 6.20. The fourth-order valence-electron chi connectivity index (χ4n) is 2.06. The van der Waals surface area contributed by atoms with Gasteiger partial charge in [-0.25, -0.2) is 9.97 Å². The Hall–Kier alpha value is -1.65. The minimum Gasteiger partial charge on any atom is -0.350 e. The van der Waals surface area contributed by atoms with Crippen molar-refractivity contribution in [2.24, 2.45) is 0 Å². The number of fused-ring (bicyclic) bond motifs is 1. The molecule has 0 aliphatic rings. The number of aromatic nitrogens is 2. The van der Waals surface area contributed by atoms with Gasteiger partial charge in [-0.3, -0.25) is 0 Å². The number of nitrogens with one attached hydrogen (secondary N) is 1. The third kappa shape index (κ3) is 2.49. The molecule has 5 heteroatoms. The van der Waals surface area contributed by atoms with Crippen molar-refractivity contribution in [2.45, 2.75) is 20.4 Å². The predicted molar refractivity (Wildman–Crippen MR) is 85.7 cm³/mol. The first kappa shape index (κ1) is 13.3. The molecule has 3 rings (SSSR count). The highest BCUT2D eigenvalue weighted by Gasteiger charge is 2.12. The molecule has 1 aromatic carbocycles. The average molecular weight is 304 g/mol. The Morgan fingerprint density at radius 2 is 1.90 bits per heavy atom. The van der Waals surface area contributed by atoms with Crippen LogP contribution in [0, 0.1) is 13.8 Å². The van der Waals surface area contributed by atoms with Crippen LogP contribution in [0.25, 0.3) is 10.2 Å². The van der Waals surface area contributed by atoms with Crippen LogP contribution in [0.2, 0.25) is 5.15 Å². The molecule has 0 unspecified atom stereocenters. The summed E-state index contributed by atoms with van der Waals surface area (Å²) in [4.78, 5) is 11.1. The van der Waals surface area contributed by atoms with Gasteiger partial charge in [0.1, 0.15) is 9.98 Å². The van der Waals surface area contributed by atoms with Crippen LogP contribution in [0.5, 0.6) is 0 Å². The van der Waals surface area contributed by atoms with E-state index in [9.17, 15) is 0 Å². The van der Waals surface area contributed by atoms with Crippen LogP contribution < -0.4 is 5.32 Å². The summed E-state index contributed by atoms with van der Waals surface area (Å²) in [5.41, 5.74) is 2.36. The van der Waals surface area contributed by atoms with Crippen molar-refractivity contribution in [1.29, 1.82) is 0 Å². The smallest absolute Gasteiger partial charge is 0.225 e. The fourth-order valence-corrected chi connectivity index (χ4v) is 3.45. The van der Waals surface area contributed by atoms with Crippen molar-refractivity contribution in [3.63, 3.8) is 0 Å². The molecule has 0 saturated carbocycles. The van der Waals surface area contributed by atoms with E-state index in [1.165, 1.54) is 16.0 Å². The van der Waals surface area contributed by atoms with Crippen molar-refractivity contribution in [3.8, 4) is 0 Å². The summed E-state index contributed by atoms with van der Waals surface area (Å²) in [5.74, 6) is 0.576. The number of halogens is 1.